The molecule has 4 rings (SSSR count). The molecule has 9 heteroatoms. The molecule has 1 aliphatic rings. The van der Waals surface area contributed by atoms with Crippen molar-refractivity contribution >= 4 is 39.2 Å². The number of nitrogens with zero attached hydrogens (tertiary/aromatic N) is 1. The molecule has 0 bridgehead atoms. The number of benzene rings is 1. The first kappa shape index (κ1) is 21.0. The number of thioether (sulfide) groups is 1. The molecule has 1 aromatic carbocycles. The van der Waals surface area contributed by atoms with Crippen LogP contribution in [0.3, 0.4) is 0 Å². The molecule has 1 amide bonds. The van der Waals surface area contributed by atoms with Crippen molar-refractivity contribution in [3.05, 3.63) is 62.0 Å². The van der Waals surface area contributed by atoms with Gasteiger partial charge in [-0.15, -0.1) is 11.3 Å². The molecule has 0 saturated heterocycles. The fourth-order valence-corrected chi connectivity index (χ4v) is 5.71. The Hall–Kier alpha value is -2.26. The van der Waals surface area contributed by atoms with Gasteiger partial charge < -0.3 is 10.3 Å². The van der Waals surface area contributed by atoms with Crippen LogP contribution in [-0.2, 0) is 23.4 Å². The van der Waals surface area contributed by atoms with Crippen LogP contribution in [0.2, 0.25) is 0 Å². The first-order valence-electron chi connectivity index (χ1n) is 9.78. The highest BCUT2D eigenvalue weighted by atomic mass is 32.2. The summed E-state index contributed by atoms with van der Waals surface area (Å²) in [5.41, 5.74) is 1.59. The zero-order valence-electron chi connectivity index (χ0n) is 16.4. The van der Waals surface area contributed by atoms with Gasteiger partial charge in [-0.05, 0) is 49.4 Å². The second kappa shape index (κ2) is 8.85. The Labute approximate surface area is 180 Å². The fourth-order valence-electron chi connectivity index (χ4n) is 3.63. The number of H-pyrrole nitrogens is 1. The van der Waals surface area contributed by atoms with E-state index in [4.69, 9.17) is 0 Å². The standard InChI is InChI=1S/C21H21F2N3O2S2/c1-11(12-5-6-14(22)15(23)9-12)24-18(27)7-8-29-10-17-25-20(28)19-13-3-2-4-16(13)30-21(19)26-17/h5-6,9,11H,2-4,7-8,10H2,1H3,(H,24,27)(H,25,26,28). The Morgan fingerprint density at radius 2 is 2.17 bits per heavy atom. The molecule has 5 nitrogen and oxygen atoms in total. The third-order valence-corrected chi connectivity index (χ3v) is 7.31. The quantitative estimate of drug-likeness (QED) is 0.529. The van der Waals surface area contributed by atoms with Crippen LogP contribution < -0.4 is 10.9 Å². The minimum absolute atomic E-state index is 0.0758. The lowest BCUT2D eigenvalue weighted by molar-refractivity contribution is -0.121. The average Bonchev–Trinajstić information content (AvgIpc) is 3.28. The maximum Gasteiger partial charge on any atom is 0.259 e. The molecule has 2 N–H and O–H groups in total. The SMILES string of the molecule is CC(NC(=O)CCSCc1nc2sc3c(c2c(=O)[nH]1)CCC3)c1ccc(F)c(F)c1. The minimum atomic E-state index is -0.932. The fraction of sp³-hybridized carbons (Fsp3) is 0.381. The summed E-state index contributed by atoms with van der Waals surface area (Å²) in [6.07, 6.45) is 3.35. The number of hydrogen-bond acceptors (Lipinski definition) is 5. The predicted molar refractivity (Wildman–Crippen MR) is 116 cm³/mol. The predicted octanol–water partition coefficient (Wildman–Crippen LogP) is 4.25. The summed E-state index contributed by atoms with van der Waals surface area (Å²) in [7, 11) is 0. The number of nitrogens with one attached hydrogen (secondary N) is 2. The van der Waals surface area contributed by atoms with E-state index in [2.05, 4.69) is 15.3 Å². The van der Waals surface area contributed by atoms with Gasteiger partial charge in [-0.1, -0.05) is 6.07 Å². The molecular formula is C21H21F2N3O2S2. The third-order valence-electron chi connectivity index (χ3n) is 5.16. The molecule has 2 heterocycles. The van der Waals surface area contributed by atoms with Gasteiger partial charge in [0.15, 0.2) is 11.6 Å². The van der Waals surface area contributed by atoms with E-state index in [0.29, 0.717) is 22.9 Å². The Bertz CT molecular complexity index is 1160. The highest BCUT2D eigenvalue weighted by Gasteiger charge is 2.21. The van der Waals surface area contributed by atoms with E-state index in [0.717, 1.165) is 47.2 Å². The number of aryl methyl sites for hydroxylation is 2. The molecule has 1 aliphatic carbocycles. The smallest absolute Gasteiger partial charge is 0.259 e. The zero-order valence-corrected chi connectivity index (χ0v) is 18.0. The van der Waals surface area contributed by atoms with Gasteiger partial charge in [-0.2, -0.15) is 11.8 Å². The number of thiophene rings is 1. The van der Waals surface area contributed by atoms with Crippen molar-refractivity contribution in [3.8, 4) is 0 Å². The van der Waals surface area contributed by atoms with E-state index in [9.17, 15) is 18.4 Å². The summed E-state index contributed by atoms with van der Waals surface area (Å²) in [4.78, 5) is 34.1. The van der Waals surface area contributed by atoms with E-state index < -0.39 is 17.7 Å². The number of halogens is 2. The summed E-state index contributed by atoms with van der Waals surface area (Å²) in [5.74, 6) is -0.331. The van der Waals surface area contributed by atoms with E-state index in [1.807, 2.05) is 0 Å². The van der Waals surface area contributed by atoms with E-state index >= 15 is 0 Å². The van der Waals surface area contributed by atoms with Gasteiger partial charge in [0, 0.05) is 17.1 Å². The number of carbonyl (C=O) groups excluding carboxylic acids is 1. The molecule has 2 aromatic heterocycles. The first-order valence-corrected chi connectivity index (χ1v) is 11.7. The Morgan fingerprint density at radius 1 is 1.33 bits per heavy atom. The largest absolute Gasteiger partial charge is 0.350 e. The molecule has 1 unspecified atom stereocenters. The van der Waals surface area contributed by atoms with Crippen molar-refractivity contribution in [2.24, 2.45) is 0 Å². The maximum atomic E-state index is 13.3. The van der Waals surface area contributed by atoms with Gasteiger partial charge in [-0.25, -0.2) is 13.8 Å². The minimum Gasteiger partial charge on any atom is -0.350 e. The van der Waals surface area contributed by atoms with Gasteiger partial charge in [0.2, 0.25) is 5.91 Å². The summed E-state index contributed by atoms with van der Waals surface area (Å²) in [6.45, 7) is 1.72. The van der Waals surface area contributed by atoms with Crippen LogP contribution in [0.25, 0.3) is 10.2 Å². The normalized spacial score (nSPS) is 14.1. The number of fused-ring (bicyclic) bond motifs is 3. The number of aromatic amines is 1. The molecule has 158 valence electrons. The van der Waals surface area contributed by atoms with Crippen LogP contribution in [0.15, 0.2) is 23.0 Å². The number of carbonyl (C=O) groups is 1. The van der Waals surface area contributed by atoms with Crippen molar-refractivity contribution in [3.63, 3.8) is 0 Å². The van der Waals surface area contributed by atoms with Crippen molar-refractivity contribution < 1.29 is 13.6 Å². The molecule has 0 saturated carbocycles. The summed E-state index contributed by atoms with van der Waals surface area (Å²) >= 11 is 3.12. The topological polar surface area (TPSA) is 74.8 Å². The zero-order chi connectivity index (χ0) is 21.3. The first-order chi connectivity index (χ1) is 14.4. The molecular weight excluding hydrogens is 428 g/mol. The van der Waals surface area contributed by atoms with Gasteiger partial charge >= 0.3 is 0 Å². The van der Waals surface area contributed by atoms with Crippen molar-refractivity contribution in [1.82, 2.24) is 15.3 Å². The maximum absolute atomic E-state index is 13.3. The Kier molecular flexibility index (Phi) is 6.19. The van der Waals surface area contributed by atoms with E-state index in [1.165, 1.54) is 22.7 Å². The van der Waals surface area contributed by atoms with Gasteiger partial charge in [-0.3, -0.25) is 9.59 Å². The lowest BCUT2D eigenvalue weighted by Gasteiger charge is -2.14. The highest BCUT2D eigenvalue weighted by Crippen LogP contribution is 2.34. The molecule has 30 heavy (non-hydrogen) atoms. The number of rotatable bonds is 7. The Morgan fingerprint density at radius 3 is 2.97 bits per heavy atom. The third kappa shape index (κ3) is 4.41. The Balaban J connectivity index is 1.28. The van der Waals surface area contributed by atoms with Crippen LogP contribution in [0.5, 0.6) is 0 Å². The lowest BCUT2D eigenvalue weighted by Crippen LogP contribution is -2.27. The summed E-state index contributed by atoms with van der Waals surface area (Å²) in [6, 6.07) is 3.18. The molecule has 1 atom stereocenters. The van der Waals surface area contributed by atoms with Crippen molar-refractivity contribution in [1.29, 1.82) is 0 Å². The van der Waals surface area contributed by atoms with Gasteiger partial charge in [0.25, 0.3) is 5.56 Å². The van der Waals surface area contributed by atoms with Crippen LogP contribution in [-0.4, -0.2) is 21.6 Å². The summed E-state index contributed by atoms with van der Waals surface area (Å²) in [5, 5.41) is 3.53. The second-order valence-electron chi connectivity index (χ2n) is 7.32. The van der Waals surface area contributed by atoms with Crippen LogP contribution in [0.1, 0.15) is 47.6 Å². The summed E-state index contributed by atoms with van der Waals surface area (Å²) < 4.78 is 26.4. The van der Waals surface area contributed by atoms with Crippen molar-refractivity contribution in [2.45, 2.75) is 44.4 Å². The molecule has 3 aromatic rings. The molecule has 0 aliphatic heterocycles. The molecule has 0 radical (unpaired) electrons. The second-order valence-corrected chi connectivity index (χ2v) is 9.50. The van der Waals surface area contributed by atoms with E-state index in [-0.39, 0.29) is 17.9 Å². The monoisotopic (exact) mass is 449 g/mol. The van der Waals surface area contributed by atoms with Crippen LogP contribution in [0.4, 0.5) is 8.78 Å². The molecule has 0 fully saturated rings. The van der Waals surface area contributed by atoms with Gasteiger partial charge in [0.05, 0.1) is 17.2 Å². The number of amides is 1. The van der Waals surface area contributed by atoms with Crippen molar-refractivity contribution in [2.75, 3.05) is 5.75 Å². The van der Waals surface area contributed by atoms with Crippen LogP contribution >= 0.6 is 23.1 Å². The molecule has 0 spiro atoms. The number of aromatic nitrogens is 2. The van der Waals surface area contributed by atoms with Crippen LogP contribution in [0, 0.1) is 11.6 Å². The number of hydrogen-bond donors (Lipinski definition) is 2. The van der Waals surface area contributed by atoms with E-state index in [1.54, 1.807) is 18.3 Å². The van der Waals surface area contributed by atoms with Gasteiger partial charge in [0.1, 0.15) is 10.7 Å². The highest BCUT2D eigenvalue weighted by molar-refractivity contribution is 7.98. The lowest BCUT2D eigenvalue weighted by atomic mass is 10.1. The average molecular weight is 450 g/mol.